The Morgan fingerprint density at radius 2 is 1.79 bits per heavy atom. The second kappa shape index (κ2) is 6.59. The predicted octanol–water partition coefficient (Wildman–Crippen LogP) is 3.04. The van der Waals surface area contributed by atoms with Crippen LogP contribution in [0.1, 0.15) is 69.4 Å². The van der Waals surface area contributed by atoms with Crippen LogP contribution >= 0.6 is 0 Å². The molecule has 130 valence electrons. The molecule has 2 aliphatic rings. The summed E-state index contributed by atoms with van der Waals surface area (Å²) in [5, 5.41) is 8.09. The van der Waals surface area contributed by atoms with Crippen LogP contribution in [0.25, 0.3) is 5.65 Å². The number of nitrogens with two attached hydrogens (primary N) is 2. The molecule has 0 aliphatic heterocycles. The van der Waals surface area contributed by atoms with Gasteiger partial charge in [-0.25, -0.2) is 9.50 Å². The minimum atomic E-state index is 0.357. The lowest BCUT2D eigenvalue weighted by atomic mass is 9.85. The third-order valence-electron chi connectivity index (χ3n) is 5.62. The Hall–Kier alpha value is -1.82. The van der Waals surface area contributed by atoms with Crippen LogP contribution in [-0.2, 0) is 0 Å². The SMILES string of the molecule is Nc1cc(NC2CCCCC2)c2nc(C3CCC(N)CC3)cn2n1. The van der Waals surface area contributed by atoms with Crippen LogP contribution in [0.15, 0.2) is 12.3 Å². The van der Waals surface area contributed by atoms with Gasteiger partial charge in [-0.1, -0.05) is 19.3 Å². The number of nitrogen functional groups attached to an aromatic ring is 1. The Kier molecular flexibility index (Phi) is 4.31. The van der Waals surface area contributed by atoms with Gasteiger partial charge in [-0.2, -0.15) is 0 Å². The molecule has 2 aliphatic carbocycles. The summed E-state index contributed by atoms with van der Waals surface area (Å²) in [5.41, 5.74) is 15.1. The molecule has 6 heteroatoms. The number of imidazole rings is 1. The van der Waals surface area contributed by atoms with Crippen LogP contribution in [0.2, 0.25) is 0 Å². The molecule has 2 aromatic heterocycles. The molecule has 2 heterocycles. The summed E-state index contributed by atoms with van der Waals surface area (Å²) in [4.78, 5) is 4.91. The van der Waals surface area contributed by atoms with Crippen LogP contribution in [0.3, 0.4) is 0 Å². The summed E-state index contributed by atoms with van der Waals surface area (Å²) >= 11 is 0. The average Bonchev–Trinajstić information content (AvgIpc) is 3.00. The standard InChI is InChI=1S/C18H28N6/c19-13-8-6-12(7-9-13)16-11-24-18(22-16)15(10-17(20)23-24)21-14-4-2-1-3-5-14/h10-14,21H,1-9,19H2,(H2,20,23). The Balaban J connectivity index is 1.61. The van der Waals surface area contributed by atoms with E-state index in [4.69, 9.17) is 16.5 Å². The number of hydrogen-bond donors (Lipinski definition) is 3. The van der Waals surface area contributed by atoms with Crippen molar-refractivity contribution in [2.24, 2.45) is 5.73 Å². The number of rotatable bonds is 3. The first-order valence-corrected chi connectivity index (χ1v) is 9.37. The van der Waals surface area contributed by atoms with E-state index in [9.17, 15) is 0 Å². The van der Waals surface area contributed by atoms with E-state index in [0.717, 1.165) is 42.7 Å². The minimum Gasteiger partial charge on any atom is -0.382 e. The van der Waals surface area contributed by atoms with Gasteiger partial charge >= 0.3 is 0 Å². The molecular weight excluding hydrogens is 300 g/mol. The van der Waals surface area contributed by atoms with Crippen LogP contribution < -0.4 is 16.8 Å². The fraction of sp³-hybridized carbons (Fsp3) is 0.667. The quantitative estimate of drug-likeness (QED) is 0.805. The van der Waals surface area contributed by atoms with Gasteiger partial charge in [-0.05, 0) is 38.5 Å². The Bertz CT molecular complexity index is 695. The van der Waals surface area contributed by atoms with Crippen molar-refractivity contribution in [1.82, 2.24) is 14.6 Å². The van der Waals surface area contributed by atoms with Gasteiger partial charge in [0.1, 0.15) is 5.82 Å². The highest BCUT2D eigenvalue weighted by Gasteiger charge is 2.23. The first kappa shape index (κ1) is 15.7. The maximum atomic E-state index is 6.03. The van der Waals surface area contributed by atoms with Crippen molar-refractivity contribution in [2.45, 2.75) is 75.8 Å². The van der Waals surface area contributed by atoms with E-state index in [2.05, 4.69) is 16.6 Å². The molecule has 6 nitrogen and oxygen atoms in total. The maximum absolute atomic E-state index is 6.03. The molecule has 0 radical (unpaired) electrons. The predicted molar refractivity (Wildman–Crippen MR) is 97.1 cm³/mol. The largest absolute Gasteiger partial charge is 0.382 e. The Morgan fingerprint density at radius 1 is 1.04 bits per heavy atom. The summed E-state index contributed by atoms with van der Waals surface area (Å²) in [6.45, 7) is 0. The first-order valence-electron chi connectivity index (χ1n) is 9.37. The third-order valence-corrected chi connectivity index (χ3v) is 5.62. The van der Waals surface area contributed by atoms with Crippen LogP contribution in [-0.4, -0.2) is 26.7 Å². The van der Waals surface area contributed by atoms with Crippen molar-refractivity contribution < 1.29 is 0 Å². The van der Waals surface area contributed by atoms with Gasteiger partial charge in [0.15, 0.2) is 5.65 Å². The van der Waals surface area contributed by atoms with Gasteiger partial charge < -0.3 is 16.8 Å². The number of anilines is 2. The molecule has 0 unspecified atom stereocenters. The van der Waals surface area contributed by atoms with E-state index in [0.29, 0.717) is 23.8 Å². The number of nitrogens with one attached hydrogen (secondary N) is 1. The van der Waals surface area contributed by atoms with E-state index >= 15 is 0 Å². The molecule has 4 rings (SSSR count). The van der Waals surface area contributed by atoms with E-state index in [-0.39, 0.29) is 0 Å². The first-order chi connectivity index (χ1) is 11.7. The number of nitrogens with zero attached hydrogens (tertiary/aromatic N) is 3. The summed E-state index contributed by atoms with van der Waals surface area (Å²) < 4.78 is 1.85. The van der Waals surface area contributed by atoms with Gasteiger partial charge in [0.2, 0.25) is 0 Å². The van der Waals surface area contributed by atoms with Gasteiger partial charge in [-0.15, -0.1) is 5.10 Å². The van der Waals surface area contributed by atoms with Crippen LogP contribution in [0, 0.1) is 0 Å². The zero-order valence-electron chi connectivity index (χ0n) is 14.2. The third kappa shape index (κ3) is 3.20. The second-order valence-electron chi connectivity index (χ2n) is 7.51. The van der Waals surface area contributed by atoms with Gasteiger partial charge in [0, 0.05) is 24.1 Å². The maximum Gasteiger partial charge on any atom is 0.177 e. The van der Waals surface area contributed by atoms with Crippen molar-refractivity contribution in [3.8, 4) is 0 Å². The number of hydrogen-bond acceptors (Lipinski definition) is 5. The van der Waals surface area contributed by atoms with E-state index < -0.39 is 0 Å². The van der Waals surface area contributed by atoms with Crippen molar-refractivity contribution in [1.29, 1.82) is 0 Å². The highest BCUT2D eigenvalue weighted by molar-refractivity contribution is 5.70. The fourth-order valence-electron chi connectivity index (χ4n) is 4.20. The monoisotopic (exact) mass is 328 g/mol. The summed E-state index contributed by atoms with van der Waals surface area (Å²) in [6.07, 6.45) is 12.9. The molecule has 0 amide bonds. The molecule has 0 atom stereocenters. The summed E-state index contributed by atoms with van der Waals surface area (Å²) in [5.74, 6) is 1.03. The zero-order valence-corrected chi connectivity index (χ0v) is 14.2. The van der Waals surface area contributed by atoms with E-state index in [1.165, 1.54) is 32.1 Å². The highest BCUT2D eigenvalue weighted by Crippen LogP contribution is 2.33. The van der Waals surface area contributed by atoms with Crippen molar-refractivity contribution >= 4 is 17.2 Å². The van der Waals surface area contributed by atoms with E-state index in [1.54, 1.807) is 0 Å². The lowest BCUT2D eigenvalue weighted by Crippen LogP contribution is -2.25. The van der Waals surface area contributed by atoms with Crippen LogP contribution in [0.5, 0.6) is 0 Å². The lowest BCUT2D eigenvalue weighted by molar-refractivity contribution is 0.391. The molecule has 2 aromatic rings. The molecule has 0 aromatic carbocycles. The van der Waals surface area contributed by atoms with Crippen molar-refractivity contribution in [3.63, 3.8) is 0 Å². The molecule has 24 heavy (non-hydrogen) atoms. The summed E-state index contributed by atoms with van der Waals surface area (Å²) in [6, 6.07) is 2.81. The molecule has 0 bridgehead atoms. The van der Waals surface area contributed by atoms with Gasteiger partial charge in [0.25, 0.3) is 0 Å². The smallest absolute Gasteiger partial charge is 0.177 e. The van der Waals surface area contributed by atoms with E-state index in [1.807, 2.05) is 10.6 Å². The average molecular weight is 328 g/mol. The molecule has 0 saturated heterocycles. The minimum absolute atomic E-state index is 0.357. The fourth-order valence-corrected chi connectivity index (χ4v) is 4.20. The number of fused-ring (bicyclic) bond motifs is 1. The highest BCUT2D eigenvalue weighted by atomic mass is 15.3. The normalized spacial score (nSPS) is 25.9. The number of aromatic nitrogens is 3. The molecule has 0 spiro atoms. The topological polar surface area (TPSA) is 94.3 Å². The van der Waals surface area contributed by atoms with Gasteiger partial charge in [0.05, 0.1) is 17.6 Å². The molecule has 2 saturated carbocycles. The molecule has 5 N–H and O–H groups in total. The second-order valence-corrected chi connectivity index (χ2v) is 7.51. The Labute approximate surface area is 143 Å². The van der Waals surface area contributed by atoms with Crippen molar-refractivity contribution in [3.05, 3.63) is 18.0 Å². The lowest BCUT2D eigenvalue weighted by Gasteiger charge is -2.24. The van der Waals surface area contributed by atoms with Gasteiger partial charge in [-0.3, -0.25) is 0 Å². The zero-order chi connectivity index (χ0) is 16.5. The molecule has 2 fully saturated rings. The molecular formula is C18H28N6. The van der Waals surface area contributed by atoms with Crippen LogP contribution in [0.4, 0.5) is 11.5 Å². The van der Waals surface area contributed by atoms with Crippen molar-refractivity contribution in [2.75, 3.05) is 11.1 Å². The summed E-state index contributed by atoms with van der Waals surface area (Å²) in [7, 11) is 0. The Morgan fingerprint density at radius 3 is 2.54 bits per heavy atom.